The number of thiophene rings is 1. The van der Waals surface area contributed by atoms with E-state index >= 15 is 0 Å². The third-order valence-electron chi connectivity index (χ3n) is 3.70. The van der Waals surface area contributed by atoms with Crippen LogP contribution in [0.1, 0.15) is 39.2 Å². The van der Waals surface area contributed by atoms with Gasteiger partial charge in [-0.15, -0.1) is 0 Å². The number of ether oxygens (including phenoxy) is 1. The summed E-state index contributed by atoms with van der Waals surface area (Å²) in [6, 6.07) is 2.24. The lowest BCUT2D eigenvalue weighted by atomic mass is 9.81. The number of aryl methyl sites for hydroxylation is 1. The van der Waals surface area contributed by atoms with E-state index in [4.69, 9.17) is 4.74 Å². The lowest BCUT2D eigenvalue weighted by Gasteiger charge is -2.32. The normalized spacial score (nSPS) is 24.6. The van der Waals surface area contributed by atoms with E-state index in [-0.39, 0.29) is 5.54 Å². The van der Waals surface area contributed by atoms with Gasteiger partial charge < -0.3 is 10.1 Å². The van der Waals surface area contributed by atoms with Crippen molar-refractivity contribution in [3.05, 3.63) is 22.4 Å². The highest BCUT2D eigenvalue weighted by molar-refractivity contribution is 7.07. The van der Waals surface area contributed by atoms with E-state index in [1.54, 1.807) is 11.3 Å². The van der Waals surface area contributed by atoms with Gasteiger partial charge in [-0.25, -0.2) is 0 Å². The number of hydrogen-bond acceptors (Lipinski definition) is 3. The van der Waals surface area contributed by atoms with Gasteiger partial charge in [-0.3, -0.25) is 0 Å². The highest BCUT2D eigenvalue weighted by Crippen LogP contribution is 2.33. The molecule has 1 unspecified atom stereocenters. The Morgan fingerprint density at radius 2 is 2.28 bits per heavy atom. The molecular formula is C15H25NOS. The highest BCUT2D eigenvalue weighted by Gasteiger charge is 2.35. The molecule has 2 nitrogen and oxygen atoms in total. The van der Waals surface area contributed by atoms with Crippen LogP contribution in [0.15, 0.2) is 16.8 Å². The zero-order valence-corrected chi connectivity index (χ0v) is 12.6. The van der Waals surface area contributed by atoms with Gasteiger partial charge in [0.2, 0.25) is 0 Å². The molecular weight excluding hydrogens is 242 g/mol. The van der Waals surface area contributed by atoms with Crippen LogP contribution in [-0.4, -0.2) is 25.3 Å². The Kier molecular flexibility index (Phi) is 4.46. The molecule has 2 rings (SSSR count). The van der Waals surface area contributed by atoms with Crippen molar-refractivity contribution in [3.63, 3.8) is 0 Å². The molecule has 1 aliphatic heterocycles. The first kappa shape index (κ1) is 14.0. The third-order valence-corrected chi connectivity index (χ3v) is 4.43. The van der Waals surface area contributed by atoms with Crippen molar-refractivity contribution in [1.82, 2.24) is 5.32 Å². The molecule has 0 spiro atoms. The van der Waals surface area contributed by atoms with Crippen molar-refractivity contribution in [2.24, 2.45) is 5.41 Å². The van der Waals surface area contributed by atoms with Gasteiger partial charge in [0.25, 0.3) is 0 Å². The van der Waals surface area contributed by atoms with Gasteiger partial charge in [0, 0.05) is 24.1 Å². The fraction of sp³-hybridized carbons (Fsp3) is 0.733. The zero-order chi connectivity index (χ0) is 13.1. The molecule has 3 heteroatoms. The van der Waals surface area contributed by atoms with E-state index < -0.39 is 0 Å². The SMILES string of the molecule is CC(C)(C)NCC1(CCc2ccsc2)CCOC1. The van der Waals surface area contributed by atoms with Crippen LogP contribution in [0, 0.1) is 5.41 Å². The lowest BCUT2D eigenvalue weighted by molar-refractivity contribution is 0.138. The number of rotatable bonds is 5. The van der Waals surface area contributed by atoms with Crippen molar-refractivity contribution >= 4 is 11.3 Å². The zero-order valence-electron chi connectivity index (χ0n) is 11.8. The van der Waals surface area contributed by atoms with Crippen LogP contribution in [0.25, 0.3) is 0 Å². The van der Waals surface area contributed by atoms with E-state index in [2.05, 4.69) is 42.9 Å². The Bertz CT molecular complexity index is 347. The Hall–Kier alpha value is -0.380. The molecule has 0 aromatic carbocycles. The molecule has 0 bridgehead atoms. The number of nitrogens with one attached hydrogen (secondary N) is 1. The average molecular weight is 267 g/mol. The molecule has 1 N–H and O–H groups in total. The minimum Gasteiger partial charge on any atom is -0.381 e. The molecule has 0 saturated carbocycles. The van der Waals surface area contributed by atoms with Crippen LogP contribution in [0.5, 0.6) is 0 Å². The molecule has 2 heterocycles. The van der Waals surface area contributed by atoms with Gasteiger partial charge >= 0.3 is 0 Å². The Balaban J connectivity index is 1.90. The summed E-state index contributed by atoms with van der Waals surface area (Å²) in [5, 5.41) is 8.09. The molecule has 18 heavy (non-hydrogen) atoms. The van der Waals surface area contributed by atoms with E-state index in [1.807, 2.05) is 0 Å². The van der Waals surface area contributed by atoms with Crippen molar-refractivity contribution in [2.75, 3.05) is 19.8 Å². The Morgan fingerprint density at radius 3 is 2.83 bits per heavy atom. The lowest BCUT2D eigenvalue weighted by Crippen LogP contribution is -2.44. The minimum atomic E-state index is 0.192. The molecule has 102 valence electrons. The monoisotopic (exact) mass is 267 g/mol. The van der Waals surface area contributed by atoms with Gasteiger partial charge in [-0.05, 0) is 62.4 Å². The topological polar surface area (TPSA) is 21.3 Å². The summed E-state index contributed by atoms with van der Waals surface area (Å²) in [5.41, 5.74) is 2.01. The first-order chi connectivity index (χ1) is 8.49. The van der Waals surface area contributed by atoms with E-state index in [1.165, 1.54) is 24.8 Å². The number of hydrogen-bond donors (Lipinski definition) is 1. The van der Waals surface area contributed by atoms with Crippen molar-refractivity contribution in [3.8, 4) is 0 Å². The minimum absolute atomic E-state index is 0.192. The second-order valence-electron chi connectivity index (χ2n) is 6.54. The molecule has 1 aromatic rings. The molecule has 1 aromatic heterocycles. The van der Waals surface area contributed by atoms with Gasteiger partial charge in [0.1, 0.15) is 0 Å². The van der Waals surface area contributed by atoms with Crippen LogP contribution < -0.4 is 5.32 Å². The Labute approximate surface area is 115 Å². The molecule has 1 saturated heterocycles. The van der Waals surface area contributed by atoms with Gasteiger partial charge in [0.05, 0.1) is 6.61 Å². The van der Waals surface area contributed by atoms with E-state index in [0.717, 1.165) is 19.8 Å². The maximum Gasteiger partial charge on any atom is 0.0535 e. The molecule has 1 aliphatic rings. The summed E-state index contributed by atoms with van der Waals surface area (Å²) in [5.74, 6) is 0. The second-order valence-corrected chi connectivity index (χ2v) is 7.32. The maximum absolute atomic E-state index is 5.66. The average Bonchev–Trinajstić information content (AvgIpc) is 2.96. The molecule has 1 atom stereocenters. The van der Waals surface area contributed by atoms with Gasteiger partial charge in [-0.1, -0.05) is 0 Å². The van der Waals surface area contributed by atoms with Crippen molar-refractivity contribution in [1.29, 1.82) is 0 Å². The van der Waals surface area contributed by atoms with E-state index in [0.29, 0.717) is 5.41 Å². The van der Waals surface area contributed by atoms with Crippen LogP contribution in [0.4, 0.5) is 0 Å². The fourth-order valence-corrected chi connectivity index (χ4v) is 3.07. The van der Waals surface area contributed by atoms with Crippen LogP contribution in [0.2, 0.25) is 0 Å². The second kappa shape index (κ2) is 5.72. The van der Waals surface area contributed by atoms with Crippen molar-refractivity contribution in [2.45, 2.75) is 45.6 Å². The fourth-order valence-electron chi connectivity index (χ4n) is 2.37. The highest BCUT2D eigenvalue weighted by atomic mass is 32.1. The van der Waals surface area contributed by atoms with Crippen LogP contribution in [0.3, 0.4) is 0 Å². The molecule has 0 radical (unpaired) electrons. The largest absolute Gasteiger partial charge is 0.381 e. The standard InChI is InChI=1S/C15H25NOS/c1-14(2,3)16-11-15(7-8-17-12-15)6-4-13-5-9-18-10-13/h5,9-10,16H,4,6-8,11-12H2,1-3H3. The summed E-state index contributed by atoms with van der Waals surface area (Å²) < 4.78 is 5.66. The van der Waals surface area contributed by atoms with E-state index in [9.17, 15) is 0 Å². The summed E-state index contributed by atoms with van der Waals surface area (Å²) >= 11 is 1.79. The summed E-state index contributed by atoms with van der Waals surface area (Å²) in [7, 11) is 0. The van der Waals surface area contributed by atoms with Crippen molar-refractivity contribution < 1.29 is 4.74 Å². The first-order valence-electron chi connectivity index (χ1n) is 6.83. The predicted molar refractivity (Wildman–Crippen MR) is 78.3 cm³/mol. The quantitative estimate of drug-likeness (QED) is 0.882. The summed E-state index contributed by atoms with van der Waals surface area (Å²) in [4.78, 5) is 0. The predicted octanol–water partition coefficient (Wildman–Crippen LogP) is 3.48. The maximum atomic E-state index is 5.66. The van der Waals surface area contributed by atoms with Gasteiger partial charge in [0.15, 0.2) is 0 Å². The molecule has 0 aliphatic carbocycles. The molecule has 0 amide bonds. The van der Waals surface area contributed by atoms with Gasteiger partial charge in [-0.2, -0.15) is 11.3 Å². The smallest absolute Gasteiger partial charge is 0.0535 e. The molecule has 1 fully saturated rings. The Morgan fingerprint density at radius 1 is 1.44 bits per heavy atom. The van der Waals surface area contributed by atoms with Crippen LogP contribution in [-0.2, 0) is 11.2 Å². The summed E-state index contributed by atoms with van der Waals surface area (Å²) in [6.07, 6.45) is 3.60. The first-order valence-corrected chi connectivity index (χ1v) is 7.77. The third kappa shape index (κ3) is 4.08. The van der Waals surface area contributed by atoms with Crippen LogP contribution >= 0.6 is 11.3 Å². The summed E-state index contributed by atoms with van der Waals surface area (Å²) in [6.45, 7) is 9.61.